The minimum atomic E-state index is -0.839. The summed E-state index contributed by atoms with van der Waals surface area (Å²) in [5, 5.41) is 7.94. The van der Waals surface area contributed by atoms with Gasteiger partial charge in [0.05, 0.1) is 27.4 Å². The summed E-state index contributed by atoms with van der Waals surface area (Å²) in [6, 6.07) is 14.4. The smallest absolute Gasteiger partial charge is 0.328 e. The van der Waals surface area contributed by atoms with Crippen molar-refractivity contribution in [2.24, 2.45) is 5.92 Å². The van der Waals surface area contributed by atoms with E-state index in [2.05, 4.69) is 54.9 Å². The number of aromatic nitrogens is 2. The zero-order valence-corrected chi connectivity index (χ0v) is 34.7. The van der Waals surface area contributed by atoms with Crippen LogP contribution in [0.1, 0.15) is 73.8 Å². The van der Waals surface area contributed by atoms with Crippen LogP contribution >= 0.6 is 11.6 Å². The van der Waals surface area contributed by atoms with Crippen LogP contribution in [-0.4, -0.2) is 90.7 Å². The van der Waals surface area contributed by atoms with Gasteiger partial charge in [0.15, 0.2) is 0 Å². The van der Waals surface area contributed by atoms with Gasteiger partial charge in [0.2, 0.25) is 5.91 Å². The maximum Gasteiger partial charge on any atom is 0.328 e. The Hall–Kier alpha value is -5.40. The fourth-order valence-corrected chi connectivity index (χ4v) is 10.2. The average molecular weight is 837 g/mol. The van der Waals surface area contributed by atoms with Crippen molar-refractivity contribution in [1.82, 2.24) is 25.1 Å². The van der Waals surface area contributed by atoms with Gasteiger partial charge in [0.25, 0.3) is 5.91 Å². The Morgan fingerprint density at radius 1 is 0.883 bits per heavy atom. The summed E-state index contributed by atoms with van der Waals surface area (Å²) in [6.45, 7) is 12.1. The molecule has 9 rings (SSSR count). The van der Waals surface area contributed by atoms with Gasteiger partial charge in [-0.1, -0.05) is 24.2 Å². The Kier molecular flexibility index (Phi) is 11.1. The lowest BCUT2D eigenvalue weighted by atomic mass is 9.94. The monoisotopic (exact) mass is 836 g/mol. The first-order valence-electron chi connectivity index (χ1n) is 21.2. The lowest BCUT2D eigenvalue weighted by molar-refractivity contribution is -0.120. The molecule has 6 heterocycles. The van der Waals surface area contributed by atoms with Gasteiger partial charge < -0.3 is 29.6 Å². The van der Waals surface area contributed by atoms with Crippen molar-refractivity contribution in [3.05, 3.63) is 95.3 Å². The number of likely N-dealkylation sites (tertiary alicyclic amines) is 1. The summed E-state index contributed by atoms with van der Waals surface area (Å²) in [5.74, 6) is -2.15. The molecule has 0 unspecified atom stereocenters. The molecular formula is C46H51ClF2N8O3. The van der Waals surface area contributed by atoms with Crippen molar-refractivity contribution in [3.8, 4) is 0 Å². The number of rotatable bonds is 9. The van der Waals surface area contributed by atoms with Gasteiger partial charge in [-0.25, -0.2) is 13.6 Å². The van der Waals surface area contributed by atoms with Crippen LogP contribution in [0.4, 0.5) is 30.6 Å². The topological polar surface area (TPSA) is 109 Å². The number of allylic oxidation sites excluding steroid dienone is 1. The number of carbonyl (C=O) groups is 3. The van der Waals surface area contributed by atoms with E-state index in [4.69, 9.17) is 11.6 Å². The number of halogens is 3. The molecule has 11 nitrogen and oxygen atoms in total. The molecule has 4 aliphatic heterocycles. The maximum absolute atomic E-state index is 15.5. The van der Waals surface area contributed by atoms with E-state index in [9.17, 15) is 14.4 Å². The van der Waals surface area contributed by atoms with E-state index in [1.54, 1.807) is 4.90 Å². The zero-order chi connectivity index (χ0) is 41.7. The number of piperidine rings is 3. The summed E-state index contributed by atoms with van der Waals surface area (Å²) in [5.41, 5.74) is 5.73. The van der Waals surface area contributed by atoms with Crippen molar-refractivity contribution in [3.63, 3.8) is 0 Å². The molecule has 3 aromatic carbocycles. The molecular weight excluding hydrogens is 786 g/mol. The van der Waals surface area contributed by atoms with E-state index in [-0.39, 0.29) is 24.4 Å². The molecule has 0 saturated carbocycles. The first kappa shape index (κ1) is 40.0. The van der Waals surface area contributed by atoms with Crippen molar-refractivity contribution in [2.45, 2.75) is 64.0 Å². The number of amides is 4. The van der Waals surface area contributed by atoms with Gasteiger partial charge in [0.1, 0.15) is 17.2 Å². The Labute approximate surface area is 353 Å². The summed E-state index contributed by atoms with van der Waals surface area (Å²) in [4.78, 5) is 49.4. The third-order valence-corrected chi connectivity index (χ3v) is 13.5. The zero-order valence-electron chi connectivity index (χ0n) is 33.9. The third kappa shape index (κ3) is 7.73. The van der Waals surface area contributed by atoms with Crippen LogP contribution in [0, 0.1) is 17.6 Å². The highest BCUT2D eigenvalue weighted by atomic mass is 35.5. The van der Waals surface area contributed by atoms with E-state index in [1.165, 1.54) is 12.1 Å². The van der Waals surface area contributed by atoms with E-state index in [0.29, 0.717) is 68.2 Å². The number of nitrogens with zero attached hydrogens (tertiary/aromatic N) is 5. The molecule has 4 saturated heterocycles. The molecule has 0 radical (unpaired) electrons. The molecule has 3 N–H and O–H groups in total. The molecule has 14 heteroatoms. The highest BCUT2D eigenvalue weighted by Gasteiger charge is 2.31. The number of anilines is 3. The molecule has 0 atom stereocenters. The molecule has 2 aromatic heterocycles. The maximum atomic E-state index is 15.5. The molecule has 0 spiro atoms. The first-order valence-corrected chi connectivity index (χ1v) is 21.6. The molecule has 0 aliphatic carbocycles. The lowest BCUT2D eigenvalue weighted by Crippen LogP contribution is -2.49. The molecule has 4 aliphatic rings. The second kappa shape index (κ2) is 16.6. The SMILES string of the molecule is C=C(C)c1c[nH]c2c(N3CCC(NC(=O)c4c(F)cc(N5CCC(CN6CCC(n7ccc8c(N9CCC(=O)NC9=O)cccc87)CC6)CC5)cc4F)CC3)ccc(Cl)c12. The number of imide groups is 1. The van der Waals surface area contributed by atoms with Crippen LogP contribution in [0.2, 0.25) is 5.02 Å². The third-order valence-electron chi connectivity index (χ3n) is 13.2. The number of carbonyl (C=O) groups excluding carboxylic acids is 3. The number of hydrogen-bond donors (Lipinski definition) is 3. The van der Waals surface area contributed by atoms with Crippen molar-refractivity contribution in [1.29, 1.82) is 0 Å². The summed E-state index contributed by atoms with van der Waals surface area (Å²) in [7, 11) is 0. The van der Waals surface area contributed by atoms with Gasteiger partial charge in [0, 0.05) is 105 Å². The molecule has 314 valence electrons. The van der Waals surface area contributed by atoms with Crippen molar-refractivity contribution in [2.75, 3.05) is 67.1 Å². The molecule has 5 aromatic rings. The number of nitrogens with one attached hydrogen (secondary N) is 3. The standard InChI is InChI=1S/C46H51ClF2N8O3/c1-28(2)34-26-50-44-40(7-6-35(47)42(34)44)55-20-10-30(11-21-55)51-45(59)43-36(48)24-32(25-37(43)49)54-18-8-29(9-19-54)27-53-16-12-31(13-17-53)56-22-14-33-38(56)4-3-5-39(33)57-23-15-41(58)52-46(57)60/h3-7,14,22,24-26,29-31,50H,1,8-13,15-21,23,27H2,2H3,(H,51,59)(H,52,58,60). The Morgan fingerprint density at radius 3 is 2.30 bits per heavy atom. The predicted molar refractivity (Wildman–Crippen MR) is 234 cm³/mol. The van der Waals surface area contributed by atoms with Gasteiger partial charge in [-0.2, -0.15) is 0 Å². The number of aromatic amines is 1. The van der Waals surface area contributed by atoms with Crippen LogP contribution in [0.5, 0.6) is 0 Å². The number of hydrogen-bond acceptors (Lipinski definition) is 6. The number of urea groups is 1. The summed E-state index contributed by atoms with van der Waals surface area (Å²) in [6.07, 6.45) is 9.48. The van der Waals surface area contributed by atoms with E-state index >= 15 is 8.78 Å². The van der Waals surface area contributed by atoms with E-state index in [0.717, 1.165) is 89.6 Å². The van der Waals surface area contributed by atoms with Crippen LogP contribution in [0.15, 0.2) is 67.5 Å². The summed E-state index contributed by atoms with van der Waals surface area (Å²) >= 11 is 6.56. The van der Waals surface area contributed by atoms with Gasteiger partial charge in [-0.05, 0) is 99.4 Å². The fourth-order valence-electron chi connectivity index (χ4n) is 9.91. The highest BCUT2D eigenvalue weighted by molar-refractivity contribution is 6.36. The fraction of sp³-hybridized carbons (Fsp3) is 0.413. The lowest BCUT2D eigenvalue weighted by Gasteiger charge is -2.39. The average Bonchev–Trinajstić information content (AvgIpc) is 3.89. The highest BCUT2D eigenvalue weighted by Crippen LogP contribution is 2.38. The summed E-state index contributed by atoms with van der Waals surface area (Å²) < 4.78 is 33.4. The van der Waals surface area contributed by atoms with Crippen LogP contribution in [0.25, 0.3) is 27.4 Å². The van der Waals surface area contributed by atoms with Gasteiger partial charge in [-0.3, -0.25) is 19.8 Å². The minimum Gasteiger partial charge on any atom is -0.371 e. The Morgan fingerprint density at radius 2 is 1.60 bits per heavy atom. The second-order valence-corrected chi connectivity index (χ2v) is 17.4. The van der Waals surface area contributed by atoms with Crippen LogP contribution in [-0.2, 0) is 4.79 Å². The minimum absolute atomic E-state index is 0.207. The number of benzene rings is 3. The molecule has 4 fully saturated rings. The van der Waals surface area contributed by atoms with E-state index < -0.39 is 23.1 Å². The van der Waals surface area contributed by atoms with Gasteiger partial charge in [-0.15, -0.1) is 0 Å². The Balaban J connectivity index is 0.750. The van der Waals surface area contributed by atoms with Gasteiger partial charge >= 0.3 is 6.03 Å². The van der Waals surface area contributed by atoms with Crippen molar-refractivity contribution < 1.29 is 23.2 Å². The first-order chi connectivity index (χ1) is 29.0. The quantitative estimate of drug-likeness (QED) is 0.138. The largest absolute Gasteiger partial charge is 0.371 e. The van der Waals surface area contributed by atoms with Crippen LogP contribution in [0.3, 0.4) is 0 Å². The Bertz CT molecular complexity index is 2450. The second-order valence-electron chi connectivity index (χ2n) is 17.0. The van der Waals surface area contributed by atoms with Crippen LogP contribution < -0.4 is 25.3 Å². The number of H-pyrrole nitrogens is 1. The predicted octanol–water partition coefficient (Wildman–Crippen LogP) is 8.49. The molecule has 4 amide bonds. The van der Waals surface area contributed by atoms with Crippen molar-refractivity contribution >= 4 is 73.9 Å². The number of fused-ring (bicyclic) bond motifs is 2. The normalized spacial score (nSPS) is 19.1. The molecule has 0 bridgehead atoms. The van der Waals surface area contributed by atoms with E-state index in [1.807, 2.05) is 42.3 Å². The molecule has 60 heavy (non-hydrogen) atoms.